The van der Waals surface area contributed by atoms with Crippen LogP contribution in [0.15, 0.2) is 72.8 Å². The molecule has 2 fully saturated rings. The molecule has 0 bridgehead atoms. The first-order valence-electron chi connectivity index (χ1n) is 11.9. The minimum Gasteiger partial charge on any atom is -0.318 e. The zero-order valence-corrected chi connectivity index (χ0v) is 19.7. The summed E-state index contributed by atoms with van der Waals surface area (Å²) in [4.78, 5) is 42.6. The summed E-state index contributed by atoms with van der Waals surface area (Å²) >= 11 is 0. The average molecular weight is 472 g/mol. The summed E-state index contributed by atoms with van der Waals surface area (Å²) in [5.74, 6) is -0.879. The highest BCUT2D eigenvalue weighted by Crippen LogP contribution is 2.27. The van der Waals surface area contributed by atoms with E-state index in [-0.39, 0.29) is 12.5 Å². The maximum Gasteiger partial charge on any atom is 0.344 e. The topological polar surface area (TPSA) is 85.0 Å². The Bertz CT molecular complexity index is 1250. The van der Waals surface area contributed by atoms with E-state index in [1.807, 2.05) is 11.0 Å². The molecule has 35 heavy (non-hydrogen) atoms. The fraction of sp³-hybridized carbons (Fsp3) is 0.296. The molecule has 0 spiro atoms. The number of imide groups is 1. The lowest BCUT2D eigenvalue weighted by Crippen LogP contribution is -2.53. The van der Waals surface area contributed by atoms with E-state index >= 15 is 0 Å². The fourth-order valence-corrected chi connectivity index (χ4v) is 4.85. The highest BCUT2D eigenvalue weighted by atomic mass is 16.2. The monoisotopic (exact) mass is 471 g/mol. The Morgan fingerprint density at radius 2 is 1.54 bits per heavy atom. The van der Waals surface area contributed by atoms with Crippen molar-refractivity contribution in [1.29, 1.82) is 0 Å². The minimum absolute atomic E-state index is 0.126. The Hall–Kier alpha value is -3.75. The van der Waals surface area contributed by atoms with Gasteiger partial charge >= 0.3 is 6.03 Å². The third-order valence-corrected chi connectivity index (χ3v) is 6.88. The van der Waals surface area contributed by atoms with Crippen LogP contribution in [0.1, 0.15) is 18.1 Å². The van der Waals surface area contributed by atoms with Crippen molar-refractivity contribution in [3.05, 3.63) is 83.9 Å². The molecule has 2 saturated heterocycles. The molecule has 0 radical (unpaired) electrons. The van der Waals surface area contributed by atoms with E-state index in [4.69, 9.17) is 0 Å². The normalized spacial score (nSPS) is 21.3. The van der Waals surface area contributed by atoms with Crippen molar-refractivity contribution in [2.75, 3.05) is 32.7 Å². The maximum absolute atomic E-state index is 13.0. The van der Waals surface area contributed by atoms with E-state index in [0.29, 0.717) is 5.56 Å². The maximum atomic E-state index is 13.0. The first-order chi connectivity index (χ1) is 16.9. The van der Waals surface area contributed by atoms with Crippen LogP contribution in [0.4, 0.5) is 4.79 Å². The van der Waals surface area contributed by atoms with Gasteiger partial charge in [-0.25, -0.2) is 4.79 Å². The predicted molar refractivity (Wildman–Crippen MR) is 133 cm³/mol. The van der Waals surface area contributed by atoms with Gasteiger partial charge in [0.1, 0.15) is 5.54 Å². The average Bonchev–Trinajstić information content (AvgIpc) is 3.10. The summed E-state index contributed by atoms with van der Waals surface area (Å²) in [5, 5.41) is 6.01. The second kappa shape index (κ2) is 9.48. The van der Waals surface area contributed by atoms with Gasteiger partial charge in [0.25, 0.3) is 11.8 Å². The quantitative estimate of drug-likeness (QED) is 0.540. The molecule has 180 valence electrons. The molecule has 2 heterocycles. The van der Waals surface area contributed by atoms with Crippen LogP contribution in [-0.2, 0) is 21.7 Å². The number of nitrogens with zero attached hydrogens (tertiary/aromatic N) is 3. The van der Waals surface area contributed by atoms with E-state index in [0.717, 1.165) is 37.7 Å². The van der Waals surface area contributed by atoms with Gasteiger partial charge in [-0.05, 0) is 28.8 Å². The molecule has 8 nitrogen and oxygen atoms in total. The van der Waals surface area contributed by atoms with Crippen LogP contribution in [-0.4, -0.2) is 65.4 Å². The van der Waals surface area contributed by atoms with E-state index in [2.05, 4.69) is 58.1 Å². The molecule has 4 amide bonds. The number of carbonyl (C=O) groups is 3. The lowest BCUT2D eigenvalue weighted by Gasteiger charge is -2.34. The number of hydrogen-bond donors (Lipinski definition) is 2. The lowest BCUT2D eigenvalue weighted by molar-refractivity contribution is -0.139. The number of piperazine rings is 1. The predicted octanol–water partition coefficient (Wildman–Crippen LogP) is 2.46. The zero-order valence-electron chi connectivity index (χ0n) is 19.7. The van der Waals surface area contributed by atoms with Gasteiger partial charge in [0.05, 0.1) is 6.54 Å². The van der Waals surface area contributed by atoms with Gasteiger partial charge in [0, 0.05) is 32.7 Å². The number of nitrogens with one attached hydrogen (secondary N) is 2. The zero-order chi connectivity index (χ0) is 24.4. The van der Waals surface area contributed by atoms with Gasteiger partial charge in [-0.3, -0.25) is 24.8 Å². The summed E-state index contributed by atoms with van der Waals surface area (Å²) < 4.78 is 0. The molecule has 0 aromatic heterocycles. The third-order valence-electron chi connectivity index (χ3n) is 6.88. The van der Waals surface area contributed by atoms with Gasteiger partial charge in [-0.1, -0.05) is 72.8 Å². The first-order valence-corrected chi connectivity index (χ1v) is 11.9. The van der Waals surface area contributed by atoms with Gasteiger partial charge in [0.15, 0.2) is 0 Å². The minimum atomic E-state index is -1.21. The van der Waals surface area contributed by atoms with Crippen molar-refractivity contribution < 1.29 is 14.4 Å². The molecular formula is C27H29N5O3. The second-order valence-electron chi connectivity index (χ2n) is 9.29. The molecule has 2 aliphatic rings. The Labute approximate surface area is 204 Å². The largest absolute Gasteiger partial charge is 0.344 e. The number of fused-ring (bicyclic) bond motifs is 1. The number of amides is 4. The number of rotatable bonds is 6. The summed E-state index contributed by atoms with van der Waals surface area (Å²) in [6, 6.07) is 23.2. The van der Waals surface area contributed by atoms with Crippen molar-refractivity contribution >= 4 is 28.6 Å². The van der Waals surface area contributed by atoms with E-state index in [1.165, 1.54) is 16.3 Å². The van der Waals surface area contributed by atoms with Crippen molar-refractivity contribution in [2.45, 2.75) is 19.0 Å². The molecule has 0 aliphatic carbocycles. The van der Waals surface area contributed by atoms with Crippen molar-refractivity contribution in [2.24, 2.45) is 0 Å². The molecular weight excluding hydrogens is 442 g/mol. The number of carbonyl (C=O) groups excluding carboxylic acids is 3. The van der Waals surface area contributed by atoms with E-state index in [9.17, 15) is 14.4 Å². The van der Waals surface area contributed by atoms with Crippen LogP contribution in [0.3, 0.4) is 0 Å². The van der Waals surface area contributed by atoms with E-state index < -0.39 is 17.5 Å². The molecule has 3 aromatic carbocycles. The number of hydrazine groups is 1. The third kappa shape index (κ3) is 4.62. The standard InChI is InChI=1S/C27H29N5O3/c1-27(22-11-3-2-4-12-22)25(34)32(26(35)28-27)29-24(33)19-31-16-14-30(15-17-31)18-21-10-7-9-20-8-5-6-13-23(20)21/h2-13H,14-19H2,1H3,(H,28,35)(H,29,33)/t27-/m1/s1. The summed E-state index contributed by atoms with van der Waals surface area (Å²) in [6.45, 7) is 5.78. The molecule has 8 heteroatoms. The lowest BCUT2D eigenvalue weighted by atomic mass is 9.92. The van der Waals surface area contributed by atoms with Crippen molar-refractivity contribution in [1.82, 2.24) is 25.6 Å². The van der Waals surface area contributed by atoms with Crippen molar-refractivity contribution in [3.63, 3.8) is 0 Å². The molecule has 1 atom stereocenters. The SMILES string of the molecule is C[C@]1(c2ccccc2)NC(=O)N(NC(=O)CN2CCN(Cc3cccc4ccccc34)CC2)C1=O. The van der Waals surface area contributed by atoms with Crippen molar-refractivity contribution in [3.8, 4) is 0 Å². The smallest absolute Gasteiger partial charge is 0.318 e. The molecule has 2 N–H and O–H groups in total. The number of hydrogen-bond acceptors (Lipinski definition) is 5. The Kier molecular flexibility index (Phi) is 6.23. The van der Waals surface area contributed by atoms with Crippen LogP contribution in [0, 0.1) is 0 Å². The van der Waals surface area contributed by atoms with Gasteiger partial charge in [-0.2, -0.15) is 5.01 Å². The van der Waals surface area contributed by atoms with Gasteiger partial charge in [-0.15, -0.1) is 0 Å². The highest BCUT2D eigenvalue weighted by Gasteiger charge is 2.50. The molecule has 0 unspecified atom stereocenters. The van der Waals surface area contributed by atoms with Gasteiger partial charge in [0.2, 0.25) is 0 Å². The summed E-state index contributed by atoms with van der Waals surface area (Å²) in [7, 11) is 0. The fourth-order valence-electron chi connectivity index (χ4n) is 4.85. The second-order valence-corrected chi connectivity index (χ2v) is 9.29. The molecule has 3 aromatic rings. The van der Waals surface area contributed by atoms with Crippen LogP contribution < -0.4 is 10.7 Å². The highest BCUT2D eigenvalue weighted by molar-refractivity contribution is 6.08. The van der Waals surface area contributed by atoms with Crippen LogP contribution >= 0.6 is 0 Å². The number of urea groups is 1. The summed E-state index contributed by atoms with van der Waals surface area (Å²) in [5.41, 5.74) is 3.25. The van der Waals surface area contributed by atoms with E-state index in [1.54, 1.807) is 31.2 Å². The molecule has 2 aliphatic heterocycles. The Balaban J connectivity index is 1.14. The van der Waals surface area contributed by atoms with Crippen LogP contribution in [0.5, 0.6) is 0 Å². The molecule has 5 rings (SSSR count). The van der Waals surface area contributed by atoms with Gasteiger partial charge < -0.3 is 5.32 Å². The first kappa shape index (κ1) is 23.0. The van der Waals surface area contributed by atoms with Crippen LogP contribution in [0.25, 0.3) is 10.8 Å². The molecule has 0 saturated carbocycles. The Morgan fingerprint density at radius 1 is 0.886 bits per heavy atom. The summed E-state index contributed by atoms with van der Waals surface area (Å²) in [6.07, 6.45) is 0. The Morgan fingerprint density at radius 3 is 2.31 bits per heavy atom. The number of benzene rings is 3. The van der Waals surface area contributed by atoms with Crippen LogP contribution in [0.2, 0.25) is 0 Å².